The van der Waals surface area contributed by atoms with Crippen LogP contribution in [0.5, 0.6) is 0 Å². The maximum atomic E-state index is 12.7. The second-order valence-corrected chi connectivity index (χ2v) is 19.1. The fourth-order valence-electron chi connectivity index (χ4n) is 3.90. The lowest BCUT2D eigenvalue weighted by atomic mass is 10.1. The van der Waals surface area contributed by atoms with Crippen molar-refractivity contribution in [2.45, 2.75) is 136 Å². The molecule has 0 aromatic heterocycles. The maximum Gasteiger partial charge on any atom is 0.407 e. The van der Waals surface area contributed by atoms with Crippen LogP contribution >= 0.6 is 0 Å². The van der Waals surface area contributed by atoms with Crippen LogP contribution in [0.25, 0.3) is 0 Å². The Kier molecular flexibility index (Phi) is 25.2. The Bertz CT molecular complexity index is 1010. The molecule has 260 valence electrons. The third kappa shape index (κ3) is 30.9. The lowest BCUT2D eigenvalue weighted by molar-refractivity contribution is -0.157. The van der Waals surface area contributed by atoms with Gasteiger partial charge in [0.1, 0.15) is 11.6 Å². The van der Waals surface area contributed by atoms with Crippen LogP contribution in [-0.2, 0) is 19.1 Å². The fourth-order valence-corrected chi connectivity index (χ4v) is 4.61. The van der Waals surface area contributed by atoms with E-state index < -0.39 is 31.8 Å². The Hall–Kier alpha value is -3.13. The van der Waals surface area contributed by atoms with Crippen LogP contribution in [-0.4, -0.2) is 50.8 Å². The molecule has 0 aliphatic carbocycles. The van der Waals surface area contributed by atoms with E-state index in [0.717, 1.165) is 44.6 Å². The first kappa shape index (κ1) is 42.9. The summed E-state index contributed by atoms with van der Waals surface area (Å²) in [6, 6.07) is 0.0690. The van der Waals surface area contributed by atoms with Gasteiger partial charge in [-0.2, -0.15) is 0 Å². The number of unbranched alkanes of at least 4 members (excludes halogenated alkanes) is 1. The van der Waals surface area contributed by atoms with Gasteiger partial charge in [-0.1, -0.05) is 99.5 Å². The SMILES string of the molecule is CC/C=C\C/C=C\C/C=C\C/C=C\C/C=C\C/C=C\CCC(=O)NCCCC[C@H](NC(=O)OCC[Si](C)(C)C)C(=O)OC(C)(C)C. The van der Waals surface area contributed by atoms with Gasteiger partial charge in [0.05, 0.1) is 6.61 Å². The van der Waals surface area contributed by atoms with Gasteiger partial charge >= 0.3 is 12.1 Å². The number of rotatable bonds is 24. The van der Waals surface area contributed by atoms with Crippen molar-refractivity contribution >= 4 is 26.0 Å². The molecule has 0 fully saturated rings. The molecule has 0 radical (unpaired) electrons. The number of carbonyl (C=O) groups is 3. The number of nitrogens with one attached hydrogen (secondary N) is 2. The van der Waals surface area contributed by atoms with Gasteiger partial charge in [-0.25, -0.2) is 9.59 Å². The minimum atomic E-state index is -1.33. The number of carbonyl (C=O) groups excluding carboxylic acids is 3. The predicted molar refractivity (Wildman–Crippen MR) is 197 cm³/mol. The first-order valence-electron chi connectivity index (χ1n) is 17.2. The monoisotopic (exact) mass is 656 g/mol. The molecule has 0 spiro atoms. The number of amides is 2. The molecule has 0 unspecified atom stereocenters. The highest BCUT2D eigenvalue weighted by Crippen LogP contribution is 2.12. The van der Waals surface area contributed by atoms with Crippen LogP contribution in [0.2, 0.25) is 25.7 Å². The summed E-state index contributed by atoms with van der Waals surface area (Å²) >= 11 is 0. The molecule has 46 heavy (non-hydrogen) atoms. The Balaban J connectivity index is 4.13. The lowest BCUT2D eigenvalue weighted by Crippen LogP contribution is -2.44. The molecule has 0 heterocycles. The number of ether oxygens (including phenoxy) is 2. The van der Waals surface area contributed by atoms with Gasteiger partial charge in [-0.3, -0.25) is 4.79 Å². The largest absolute Gasteiger partial charge is 0.458 e. The van der Waals surface area contributed by atoms with Gasteiger partial charge in [0.2, 0.25) is 5.91 Å². The van der Waals surface area contributed by atoms with Crippen molar-refractivity contribution in [2.24, 2.45) is 0 Å². The first-order valence-corrected chi connectivity index (χ1v) is 20.9. The molecule has 7 nitrogen and oxygen atoms in total. The zero-order valence-corrected chi connectivity index (χ0v) is 30.9. The second-order valence-electron chi connectivity index (χ2n) is 13.5. The summed E-state index contributed by atoms with van der Waals surface area (Å²) in [7, 11) is -1.33. The number of hydrogen-bond acceptors (Lipinski definition) is 5. The van der Waals surface area contributed by atoms with E-state index >= 15 is 0 Å². The van der Waals surface area contributed by atoms with E-state index in [4.69, 9.17) is 9.47 Å². The van der Waals surface area contributed by atoms with Gasteiger partial charge < -0.3 is 20.1 Å². The molecule has 0 bridgehead atoms. The third-order valence-electron chi connectivity index (χ3n) is 6.44. The van der Waals surface area contributed by atoms with Gasteiger partial charge in [0, 0.05) is 21.0 Å². The molecule has 0 saturated heterocycles. The summed E-state index contributed by atoms with van der Waals surface area (Å²) in [6.07, 6.45) is 34.1. The normalized spacial score (nSPS) is 13.5. The van der Waals surface area contributed by atoms with Crippen LogP contribution in [0.15, 0.2) is 72.9 Å². The predicted octanol–water partition coefficient (Wildman–Crippen LogP) is 9.53. The van der Waals surface area contributed by atoms with E-state index in [1.165, 1.54) is 0 Å². The summed E-state index contributed by atoms with van der Waals surface area (Å²) in [4.78, 5) is 37.1. The zero-order valence-electron chi connectivity index (χ0n) is 29.9. The average Bonchev–Trinajstić information content (AvgIpc) is 2.96. The number of allylic oxidation sites excluding steroid dienone is 12. The summed E-state index contributed by atoms with van der Waals surface area (Å²) in [6.45, 7) is 15.0. The maximum absolute atomic E-state index is 12.7. The van der Waals surface area contributed by atoms with Crippen molar-refractivity contribution in [3.63, 3.8) is 0 Å². The number of alkyl carbamates (subject to hydrolysis) is 1. The van der Waals surface area contributed by atoms with Crippen LogP contribution in [0.3, 0.4) is 0 Å². The van der Waals surface area contributed by atoms with Gasteiger partial charge in [0.15, 0.2) is 0 Å². The third-order valence-corrected chi connectivity index (χ3v) is 8.15. The van der Waals surface area contributed by atoms with Crippen LogP contribution in [0, 0.1) is 0 Å². The summed E-state index contributed by atoms with van der Waals surface area (Å²) in [5, 5.41) is 5.61. The average molecular weight is 657 g/mol. The van der Waals surface area contributed by atoms with Crippen molar-refractivity contribution in [3.8, 4) is 0 Å². The first-order chi connectivity index (χ1) is 21.8. The highest BCUT2D eigenvalue weighted by molar-refractivity contribution is 6.76. The van der Waals surface area contributed by atoms with E-state index in [1.54, 1.807) is 20.8 Å². The highest BCUT2D eigenvalue weighted by Gasteiger charge is 2.27. The molecule has 1 atom stereocenters. The second kappa shape index (κ2) is 27.0. The van der Waals surface area contributed by atoms with Gasteiger partial charge in [-0.05, 0) is 91.0 Å². The van der Waals surface area contributed by atoms with Crippen LogP contribution in [0.4, 0.5) is 4.79 Å². The van der Waals surface area contributed by atoms with Crippen molar-refractivity contribution in [1.82, 2.24) is 10.6 Å². The molecule has 0 aliphatic rings. The standard InChI is InChI=1S/C38H64N2O5Si/c1-8-9-10-11-12-13-14-15-16-17-18-19-20-21-22-23-24-25-26-30-35(41)39-31-28-27-29-34(36(42)45-38(2,3)4)40-37(43)44-32-33-46(5,6)7/h9-10,12-13,15-16,18-19,21-22,24-25,34H,8,11,14,17,20,23,26-33H2,1-7H3,(H,39,41)(H,40,43)/b10-9-,13-12-,16-15-,19-18-,22-21-,25-24-/t34-/m0/s1. The smallest absolute Gasteiger partial charge is 0.407 e. The van der Waals surface area contributed by atoms with Crippen molar-refractivity contribution in [1.29, 1.82) is 0 Å². The molecule has 2 N–H and O–H groups in total. The van der Waals surface area contributed by atoms with E-state index in [0.29, 0.717) is 45.3 Å². The van der Waals surface area contributed by atoms with E-state index in [2.05, 4.69) is 104 Å². The Morgan fingerprint density at radius 2 is 1.24 bits per heavy atom. The molecule has 0 aromatic carbocycles. The quantitative estimate of drug-likeness (QED) is 0.0467. The van der Waals surface area contributed by atoms with Crippen molar-refractivity contribution in [2.75, 3.05) is 13.2 Å². The van der Waals surface area contributed by atoms with Crippen molar-refractivity contribution < 1.29 is 23.9 Å². The van der Waals surface area contributed by atoms with Crippen LogP contribution < -0.4 is 10.6 Å². The summed E-state index contributed by atoms with van der Waals surface area (Å²) in [5.41, 5.74) is -0.657. The summed E-state index contributed by atoms with van der Waals surface area (Å²) in [5.74, 6) is -0.470. The molecule has 0 aliphatic heterocycles. The minimum Gasteiger partial charge on any atom is -0.458 e. The molecular weight excluding hydrogens is 593 g/mol. The molecule has 0 rings (SSSR count). The lowest BCUT2D eigenvalue weighted by Gasteiger charge is -2.24. The van der Waals surface area contributed by atoms with E-state index in [9.17, 15) is 14.4 Å². The van der Waals surface area contributed by atoms with Gasteiger partial charge in [-0.15, -0.1) is 0 Å². The number of hydrogen-bond donors (Lipinski definition) is 2. The Morgan fingerprint density at radius 3 is 1.72 bits per heavy atom. The number of esters is 1. The molecule has 0 aromatic rings. The van der Waals surface area contributed by atoms with E-state index in [1.807, 2.05) is 6.08 Å². The molecule has 8 heteroatoms. The van der Waals surface area contributed by atoms with Gasteiger partial charge in [0.25, 0.3) is 0 Å². The molecule has 0 saturated carbocycles. The van der Waals surface area contributed by atoms with Crippen molar-refractivity contribution in [3.05, 3.63) is 72.9 Å². The molecule has 2 amide bonds. The topological polar surface area (TPSA) is 93.7 Å². The minimum absolute atomic E-state index is 0.00678. The highest BCUT2D eigenvalue weighted by atomic mass is 28.3. The molecular formula is C38H64N2O5Si. The van der Waals surface area contributed by atoms with E-state index in [-0.39, 0.29) is 5.91 Å². The fraction of sp³-hybridized carbons (Fsp3) is 0.605. The Labute approximate surface area is 281 Å². The summed E-state index contributed by atoms with van der Waals surface area (Å²) < 4.78 is 10.8. The Morgan fingerprint density at radius 1 is 0.739 bits per heavy atom. The van der Waals surface area contributed by atoms with Crippen LogP contribution in [0.1, 0.15) is 98.3 Å². The zero-order chi connectivity index (χ0) is 34.5.